The van der Waals surface area contributed by atoms with E-state index in [2.05, 4.69) is 20.4 Å². The highest BCUT2D eigenvalue weighted by Crippen LogP contribution is 2.23. The molecule has 192 valence electrons. The average Bonchev–Trinajstić information content (AvgIpc) is 3.59. The number of benzene rings is 2. The molecule has 0 aliphatic carbocycles. The van der Waals surface area contributed by atoms with Crippen molar-refractivity contribution in [1.29, 1.82) is 0 Å². The Labute approximate surface area is 226 Å². The van der Waals surface area contributed by atoms with E-state index in [9.17, 15) is 9.59 Å². The van der Waals surface area contributed by atoms with Crippen LogP contribution in [0.15, 0.2) is 83.5 Å². The first-order chi connectivity index (χ1) is 19.0. The quantitative estimate of drug-likeness (QED) is 0.328. The van der Waals surface area contributed by atoms with Crippen molar-refractivity contribution in [2.75, 3.05) is 5.73 Å². The molecule has 10 nitrogen and oxygen atoms in total. The van der Waals surface area contributed by atoms with Crippen molar-refractivity contribution in [1.82, 2.24) is 34.4 Å². The molecule has 1 atom stereocenters. The van der Waals surface area contributed by atoms with E-state index in [4.69, 9.17) is 10.7 Å². The van der Waals surface area contributed by atoms with Gasteiger partial charge < -0.3 is 11.1 Å². The van der Waals surface area contributed by atoms with Gasteiger partial charge in [-0.3, -0.25) is 19.1 Å². The first kappa shape index (κ1) is 24.2. The fraction of sp³-hybridized carbons (Fsp3) is 0.0714. The standard InChI is InChI=1S/C28H22N8O2S/c1-17(32-27(37)23-24(29)34-35-14-6-13-31-26(23)35)25-33-21-10-5-7-18(11-12-20-15-30-16-39-20)22(21)28(38)36(25)19-8-3-2-4-9-19/h2-17H,1H3,(H2,29,34)(H,32,37)/b12-11+/t17-/m0/s1. The first-order valence-electron chi connectivity index (χ1n) is 12.1. The lowest BCUT2D eigenvalue weighted by Gasteiger charge is -2.20. The number of rotatable bonds is 6. The highest BCUT2D eigenvalue weighted by atomic mass is 32.1. The molecule has 4 heterocycles. The molecule has 0 bridgehead atoms. The molecule has 39 heavy (non-hydrogen) atoms. The number of aromatic nitrogens is 6. The summed E-state index contributed by atoms with van der Waals surface area (Å²) in [5.41, 5.74) is 9.94. The predicted octanol–water partition coefficient (Wildman–Crippen LogP) is 4.13. The summed E-state index contributed by atoms with van der Waals surface area (Å²) in [6.45, 7) is 1.77. The Morgan fingerprint density at radius 3 is 2.74 bits per heavy atom. The SMILES string of the molecule is C[C@H](NC(=O)c1c(N)nn2cccnc12)c1nc2cccc(/C=C/c3cncs3)c2c(=O)n1-c1ccccc1. The number of nitrogen functional groups attached to an aromatic ring is 1. The maximum Gasteiger partial charge on any atom is 0.266 e. The number of hydrogen-bond acceptors (Lipinski definition) is 8. The minimum Gasteiger partial charge on any atom is -0.381 e. The molecule has 0 aliphatic heterocycles. The average molecular weight is 535 g/mol. The molecule has 6 rings (SSSR count). The normalized spacial score (nSPS) is 12.3. The number of nitrogens with one attached hydrogen (secondary N) is 1. The zero-order valence-corrected chi connectivity index (χ0v) is 21.5. The van der Waals surface area contributed by atoms with Gasteiger partial charge in [0.05, 0.1) is 28.1 Å². The zero-order chi connectivity index (χ0) is 26.9. The minimum atomic E-state index is -0.663. The van der Waals surface area contributed by atoms with E-state index >= 15 is 0 Å². The largest absolute Gasteiger partial charge is 0.381 e. The van der Waals surface area contributed by atoms with Crippen LogP contribution in [0.25, 0.3) is 34.4 Å². The number of nitrogens with two attached hydrogens (primary N) is 1. The van der Waals surface area contributed by atoms with Crippen LogP contribution >= 0.6 is 11.3 Å². The molecule has 6 aromatic rings. The van der Waals surface area contributed by atoms with Crippen molar-refractivity contribution in [3.63, 3.8) is 0 Å². The van der Waals surface area contributed by atoms with Crippen molar-refractivity contribution in [3.05, 3.63) is 111 Å². The summed E-state index contributed by atoms with van der Waals surface area (Å²) in [4.78, 5) is 41.7. The number of hydrogen-bond donors (Lipinski definition) is 2. The Balaban J connectivity index is 1.47. The molecule has 0 radical (unpaired) electrons. The third kappa shape index (κ3) is 4.44. The second-order valence-electron chi connectivity index (χ2n) is 8.77. The van der Waals surface area contributed by atoms with Crippen LogP contribution in [-0.4, -0.2) is 35.0 Å². The lowest BCUT2D eigenvalue weighted by molar-refractivity contribution is 0.0940. The van der Waals surface area contributed by atoms with Gasteiger partial charge in [-0.25, -0.2) is 14.5 Å². The Hall–Kier alpha value is -5.16. The number of fused-ring (bicyclic) bond motifs is 2. The van der Waals surface area contributed by atoms with Crippen LogP contribution in [-0.2, 0) is 0 Å². The highest BCUT2D eigenvalue weighted by Gasteiger charge is 2.24. The van der Waals surface area contributed by atoms with Gasteiger partial charge in [-0.15, -0.1) is 16.4 Å². The Bertz CT molecular complexity index is 1910. The second-order valence-corrected chi connectivity index (χ2v) is 9.69. The fourth-order valence-electron chi connectivity index (χ4n) is 4.46. The number of nitrogens with zero attached hydrogens (tertiary/aromatic N) is 6. The predicted molar refractivity (Wildman–Crippen MR) is 152 cm³/mol. The number of amides is 1. The van der Waals surface area contributed by atoms with Gasteiger partial charge in [0.25, 0.3) is 11.5 Å². The number of anilines is 1. The van der Waals surface area contributed by atoms with E-state index in [1.807, 2.05) is 54.6 Å². The first-order valence-corrected chi connectivity index (χ1v) is 13.0. The highest BCUT2D eigenvalue weighted by molar-refractivity contribution is 7.10. The van der Waals surface area contributed by atoms with Crippen molar-refractivity contribution in [2.24, 2.45) is 0 Å². The van der Waals surface area contributed by atoms with Crippen LogP contribution in [0.2, 0.25) is 0 Å². The molecule has 2 aromatic carbocycles. The topological polar surface area (TPSA) is 133 Å². The molecule has 0 fully saturated rings. The van der Waals surface area contributed by atoms with Gasteiger partial charge in [-0.05, 0) is 42.8 Å². The van der Waals surface area contributed by atoms with Crippen LogP contribution in [0.5, 0.6) is 0 Å². The van der Waals surface area contributed by atoms with Crippen LogP contribution in [0, 0.1) is 0 Å². The van der Waals surface area contributed by atoms with Gasteiger partial charge in [-0.1, -0.05) is 36.4 Å². The van der Waals surface area contributed by atoms with Gasteiger partial charge in [0.2, 0.25) is 0 Å². The van der Waals surface area contributed by atoms with Gasteiger partial charge in [0.15, 0.2) is 11.5 Å². The molecule has 3 N–H and O–H groups in total. The smallest absolute Gasteiger partial charge is 0.266 e. The van der Waals surface area contributed by atoms with E-state index in [-0.39, 0.29) is 16.9 Å². The maximum atomic E-state index is 14.1. The lowest BCUT2D eigenvalue weighted by Crippen LogP contribution is -2.33. The Morgan fingerprint density at radius 1 is 1.10 bits per heavy atom. The fourth-order valence-corrected chi connectivity index (χ4v) is 4.98. The third-order valence-electron chi connectivity index (χ3n) is 6.23. The molecule has 11 heteroatoms. The molecule has 0 aliphatic rings. The Kier molecular flexibility index (Phi) is 6.17. The van der Waals surface area contributed by atoms with Crippen molar-refractivity contribution in [2.45, 2.75) is 13.0 Å². The van der Waals surface area contributed by atoms with Gasteiger partial charge in [0.1, 0.15) is 11.4 Å². The maximum absolute atomic E-state index is 14.1. The van der Waals surface area contributed by atoms with Crippen LogP contribution in [0.1, 0.15) is 39.6 Å². The zero-order valence-electron chi connectivity index (χ0n) is 20.7. The van der Waals surface area contributed by atoms with E-state index in [1.165, 1.54) is 20.4 Å². The van der Waals surface area contributed by atoms with E-state index in [0.717, 1.165) is 10.4 Å². The van der Waals surface area contributed by atoms with Gasteiger partial charge in [-0.2, -0.15) is 0 Å². The summed E-state index contributed by atoms with van der Waals surface area (Å²) in [5.74, 6) is -0.0368. The monoisotopic (exact) mass is 534 g/mol. The summed E-state index contributed by atoms with van der Waals surface area (Å²) in [7, 11) is 0. The van der Waals surface area contributed by atoms with Crippen molar-refractivity contribution in [3.8, 4) is 5.69 Å². The van der Waals surface area contributed by atoms with Crippen LogP contribution < -0.4 is 16.6 Å². The summed E-state index contributed by atoms with van der Waals surface area (Å²) in [6.07, 6.45) is 8.80. The summed E-state index contributed by atoms with van der Waals surface area (Å²) >= 11 is 1.51. The van der Waals surface area contributed by atoms with Crippen molar-refractivity contribution < 1.29 is 4.79 Å². The number of carbonyl (C=O) groups excluding carboxylic acids is 1. The molecular weight excluding hydrogens is 512 g/mol. The number of carbonyl (C=O) groups is 1. The van der Waals surface area contributed by atoms with E-state index < -0.39 is 11.9 Å². The van der Waals surface area contributed by atoms with Gasteiger partial charge in [0, 0.05) is 23.5 Å². The molecule has 0 saturated heterocycles. The molecular formula is C28H22N8O2S. The molecule has 0 unspecified atom stereocenters. The van der Waals surface area contributed by atoms with E-state index in [1.54, 1.807) is 43.2 Å². The molecule has 0 saturated carbocycles. The number of para-hydroxylation sites is 1. The van der Waals surface area contributed by atoms with Gasteiger partial charge >= 0.3 is 0 Å². The Morgan fingerprint density at radius 2 is 1.95 bits per heavy atom. The second kappa shape index (κ2) is 9.95. The summed E-state index contributed by atoms with van der Waals surface area (Å²) in [6, 6.07) is 15.8. The third-order valence-corrected chi connectivity index (χ3v) is 6.97. The molecule has 4 aromatic heterocycles. The molecule has 1 amide bonds. The summed E-state index contributed by atoms with van der Waals surface area (Å²) < 4.78 is 2.99. The van der Waals surface area contributed by atoms with Crippen LogP contribution in [0.4, 0.5) is 5.82 Å². The van der Waals surface area contributed by atoms with Crippen molar-refractivity contribution >= 4 is 51.8 Å². The molecule has 0 spiro atoms. The van der Waals surface area contributed by atoms with E-state index in [0.29, 0.717) is 28.1 Å². The lowest BCUT2D eigenvalue weighted by atomic mass is 10.1. The van der Waals surface area contributed by atoms with Crippen LogP contribution in [0.3, 0.4) is 0 Å². The number of thiazole rings is 1. The minimum absolute atomic E-state index is 0.0580. The summed E-state index contributed by atoms with van der Waals surface area (Å²) in [5, 5.41) is 7.58.